The highest BCUT2D eigenvalue weighted by molar-refractivity contribution is 9.10. The first-order valence-electron chi connectivity index (χ1n) is 4.62. The number of hydrogen-bond donors (Lipinski definition) is 0. The zero-order valence-corrected chi connectivity index (χ0v) is 12.7. The van der Waals surface area contributed by atoms with E-state index in [0.29, 0.717) is 5.19 Å². The number of rotatable bonds is 2. The lowest BCUT2D eigenvalue weighted by Gasteiger charge is -2.07. The van der Waals surface area contributed by atoms with Gasteiger partial charge in [-0.25, -0.2) is 0 Å². The normalized spacial score (nSPS) is 10.5. The molecule has 0 amide bonds. The predicted molar refractivity (Wildman–Crippen MR) is 73.5 cm³/mol. The van der Waals surface area contributed by atoms with Gasteiger partial charge in [-0.05, 0) is 53.0 Å². The minimum atomic E-state index is 0.646. The van der Waals surface area contributed by atoms with Gasteiger partial charge >= 0.3 is 0 Å². The van der Waals surface area contributed by atoms with E-state index in [2.05, 4.69) is 36.8 Å². The number of ether oxygens (including phenoxy) is 1. The summed E-state index contributed by atoms with van der Waals surface area (Å²) >= 11 is 8.29. The van der Waals surface area contributed by atoms with E-state index < -0.39 is 0 Å². The monoisotopic (exact) mass is 361 g/mol. The zero-order chi connectivity index (χ0) is 11.7. The number of aryl methyl sites for hydroxylation is 2. The molecule has 0 saturated heterocycles. The van der Waals surface area contributed by atoms with E-state index in [0.717, 1.165) is 26.0 Å². The van der Waals surface area contributed by atoms with Crippen molar-refractivity contribution in [3.05, 3.63) is 37.7 Å². The van der Waals surface area contributed by atoms with Crippen molar-refractivity contribution in [3.63, 3.8) is 0 Å². The predicted octanol–water partition coefficient (Wildman–Crippen LogP) is 5.08. The fourth-order valence-electron chi connectivity index (χ4n) is 1.35. The van der Waals surface area contributed by atoms with Crippen molar-refractivity contribution in [3.8, 4) is 10.9 Å². The SMILES string of the molecule is Cc1cc(Oc2nc(Br)cs2)cc(C)c1Br. The lowest BCUT2D eigenvalue weighted by atomic mass is 10.1. The first-order valence-corrected chi connectivity index (χ1v) is 7.08. The third kappa shape index (κ3) is 2.64. The summed E-state index contributed by atoms with van der Waals surface area (Å²) in [6.45, 7) is 4.09. The van der Waals surface area contributed by atoms with E-state index in [-0.39, 0.29) is 0 Å². The first-order chi connectivity index (χ1) is 7.56. The molecule has 0 aliphatic heterocycles. The van der Waals surface area contributed by atoms with Crippen LogP contribution in [0.1, 0.15) is 11.1 Å². The fraction of sp³-hybridized carbons (Fsp3) is 0.182. The topological polar surface area (TPSA) is 22.1 Å². The minimum absolute atomic E-state index is 0.646. The van der Waals surface area contributed by atoms with Crippen LogP contribution in [0.5, 0.6) is 10.9 Å². The molecule has 0 saturated carbocycles. The molecule has 16 heavy (non-hydrogen) atoms. The van der Waals surface area contributed by atoms with Crippen LogP contribution in [0.15, 0.2) is 26.6 Å². The van der Waals surface area contributed by atoms with Gasteiger partial charge in [-0.1, -0.05) is 27.3 Å². The summed E-state index contributed by atoms with van der Waals surface area (Å²) in [5, 5.41) is 2.54. The van der Waals surface area contributed by atoms with Crippen LogP contribution in [0.4, 0.5) is 0 Å². The third-order valence-electron chi connectivity index (χ3n) is 2.07. The zero-order valence-electron chi connectivity index (χ0n) is 8.75. The van der Waals surface area contributed by atoms with Gasteiger partial charge < -0.3 is 4.74 Å². The highest BCUT2D eigenvalue weighted by Crippen LogP contribution is 2.31. The van der Waals surface area contributed by atoms with Crippen molar-refractivity contribution in [2.45, 2.75) is 13.8 Å². The van der Waals surface area contributed by atoms with Crippen LogP contribution >= 0.6 is 43.2 Å². The molecule has 0 atom stereocenters. The van der Waals surface area contributed by atoms with Gasteiger partial charge in [-0.3, -0.25) is 0 Å². The maximum Gasteiger partial charge on any atom is 0.279 e. The molecule has 0 unspecified atom stereocenters. The molecule has 1 aromatic carbocycles. The second-order valence-corrected chi connectivity index (χ2v) is 5.84. The first kappa shape index (κ1) is 12.1. The molecule has 0 spiro atoms. The van der Waals surface area contributed by atoms with Gasteiger partial charge in [0.2, 0.25) is 0 Å². The fourth-order valence-corrected chi connectivity index (χ4v) is 2.69. The van der Waals surface area contributed by atoms with Crippen molar-refractivity contribution in [1.29, 1.82) is 0 Å². The molecule has 0 fully saturated rings. The molecule has 2 nitrogen and oxygen atoms in total. The molecule has 0 radical (unpaired) electrons. The molecule has 0 aliphatic rings. The summed E-state index contributed by atoms with van der Waals surface area (Å²) in [5.41, 5.74) is 2.32. The molecular weight excluding hydrogens is 354 g/mol. The van der Waals surface area contributed by atoms with Crippen molar-refractivity contribution < 1.29 is 4.74 Å². The average molecular weight is 363 g/mol. The van der Waals surface area contributed by atoms with Gasteiger partial charge in [0.25, 0.3) is 5.19 Å². The van der Waals surface area contributed by atoms with Gasteiger partial charge in [-0.2, -0.15) is 4.98 Å². The molecule has 2 aromatic rings. The highest BCUT2D eigenvalue weighted by atomic mass is 79.9. The molecule has 84 valence electrons. The Morgan fingerprint density at radius 2 is 1.81 bits per heavy atom. The lowest BCUT2D eigenvalue weighted by Crippen LogP contribution is -1.87. The number of halogens is 2. The van der Waals surface area contributed by atoms with E-state index in [1.807, 2.05) is 31.4 Å². The minimum Gasteiger partial charge on any atom is -0.431 e. The second kappa shape index (κ2) is 4.85. The number of aromatic nitrogens is 1. The number of hydrogen-bond acceptors (Lipinski definition) is 3. The third-order valence-corrected chi connectivity index (χ3v) is 4.75. The summed E-state index contributed by atoms with van der Waals surface area (Å²) in [7, 11) is 0. The van der Waals surface area contributed by atoms with Crippen LogP contribution in [-0.2, 0) is 0 Å². The van der Waals surface area contributed by atoms with E-state index in [1.54, 1.807) is 0 Å². The standard InChI is InChI=1S/C11H9Br2NOS/c1-6-3-8(4-7(2)10(6)13)15-11-14-9(12)5-16-11/h3-5H,1-2H3. The smallest absolute Gasteiger partial charge is 0.279 e. The van der Waals surface area contributed by atoms with Gasteiger partial charge in [-0.15, -0.1) is 0 Å². The lowest BCUT2D eigenvalue weighted by molar-refractivity contribution is 0.477. The van der Waals surface area contributed by atoms with Crippen molar-refractivity contribution >= 4 is 43.2 Å². The molecule has 5 heteroatoms. The van der Waals surface area contributed by atoms with Crippen molar-refractivity contribution in [2.24, 2.45) is 0 Å². The Kier molecular flexibility index (Phi) is 3.66. The van der Waals surface area contributed by atoms with Crippen molar-refractivity contribution in [1.82, 2.24) is 4.98 Å². The van der Waals surface area contributed by atoms with Gasteiger partial charge in [0.05, 0.1) is 0 Å². The summed E-state index contributed by atoms with van der Waals surface area (Å²) in [4.78, 5) is 4.19. The molecule has 2 rings (SSSR count). The van der Waals surface area contributed by atoms with Crippen LogP contribution in [0.3, 0.4) is 0 Å². The van der Waals surface area contributed by atoms with E-state index in [1.165, 1.54) is 11.3 Å². The van der Waals surface area contributed by atoms with Crippen LogP contribution in [0.25, 0.3) is 0 Å². The van der Waals surface area contributed by atoms with E-state index in [4.69, 9.17) is 4.74 Å². The summed E-state index contributed by atoms with van der Waals surface area (Å²) < 4.78 is 7.60. The summed E-state index contributed by atoms with van der Waals surface area (Å²) in [5.74, 6) is 0.819. The molecule has 0 aliphatic carbocycles. The maximum atomic E-state index is 5.67. The maximum absolute atomic E-state index is 5.67. The Balaban J connectivity index is 2.28. The van der Waals surface area contributed by atoms with Crippen LogP contribution in [0.2, 0.25) is 0 Å². The molecular formula is C11H9Br2NOS. The molecule has 1 heterocycles. The van der Waals surface area contributed by atoms with Gasteiger partial charge in [0.15, 0.2) is 0 Å². The molecule has 0 N–H and O–H groups in total. The van der Waals surface area contributed by atoms with Crippen LogP contribution in [0, 0.1) is 13.8 Å². The average Bonchev–Trinajstić information content (AvgIpc) is 2.60. The molecule has 1 aromatic heterocycles. The van der Waals surface area contributed by atoms with Crippen LogP contribution in [-0.4, -0.2) is 4.98 Å². The molecule has 0 bridgehead atoms. The Bertz CT molecular complexity index is 501. The van der Waals surface area contributed by atoms with Crippen LogP contribution < -0.4 is 4.74 Å². The quantitative estimate of drug-likeness (QED) is 0.743. The number of thiazole rings is 1. The second-order valence-electron chi connectivity index (χ2n) is 3.41. The number of nitrogens with zero attached hydrogens (tertiary/aromatic N) is 1. The van der Waals surface area contributed by atoms with Gasteiger partial charge in [0.1, 0.15) is 10.4 Å². The summed E-state index contributed by atoms with van der Waals surface area (Å²) in [6, 6.07) is 3.98. The Morgan fingerprint density at radius 1 is 1.19 bits per heavy atom. The Morgan fingerprint density at radius 3 is 2.31 bits per heavy atom. The highest BCUT2D eigenvalue weighted by Gasteiger charge is 2.06. The largest absolute Gasteiger partial charge is 0.431 e. The summed E-state index contributed by atoms with van der Waals surface area (Å²) in [6.07, 6.45) is 0. The Labute approximate surface area is 115 Å². The van der Waals surface area contributed by atoms with Gasteiger partial charge in [0, 0.05) is 9.85 Å². The van der Waals surface area contributed by atoms with Crippen molar-refractivity contribution in [2.75, 3.05) is 0 Å². The number of benzene rings is 1. The Hall–Kier alpha value is -0.390. The van der Waals surface area contributed by atoms with E-state index in [9.17, 15) is 0 Å². The van der Waals surface area contributed by atoms with E-state index >= 15 is 0 Å².